The summed E-state index contributed by atoms with van der Waals surface area (Å²) in [5.74, 6) is -4.12. The Bertz CT molecular complexity index is 1170. The van der Waals surface area contributed by atoms with Crippen LogP contribution in [0.25, 0.3) is 11.3 Å². The third-order valence-corrected chi connectivity index (χ3v) is 4.81. The van der Waals surface area contributed by atoms with Crippen molar-refractivity contribution in [2.24, 2.45) is 5.92 Å². The molecule has 1 aromatic carbocycles. The summed E-state index contributed by atoms with van der Waals surface area (Å²) in [6.07, 6.45) is -5.17. The molecular formula is C19H21F3N3NaO6S. The van der Waals surface area contributed by atoms with Gasteiger partial charge in [-0.05, 0) is 23.6 Å². The fourth-order valence-corrected chi connectivity index (χ4v) is 3.32. The number of Topliss-reactive ketones (excluding diaryl/α,β-unsaturated/α-hetero) is 1. The standard InChI is InChI=1S/C19H20F3N3O6S.Na.H/c1-11(2)16(17(27)19(20,21)22)23-15(26)10-25-14(12-6-4-3-5-7-12)9-8-13(18(25)28)24-32(29,30)31;;/h3-9,11,16,24H,10H2,1-2H3,(H,23,26)(H,29,30,31);;. The van der Waals surface area contributed by atoms with Crippen molar-refractivity contribution < 1.29 is 35.7 Å². The van der Waals surface area contributed by atoms with Gasteiger partial charge in [0.25, 0.3) is 11.3 Å². The van der Waals surface area contributed by atoms with Crippen LogP contribution >= 0.6 is 0 Å². The molecule has 0 aliphatic carbocycles. The van der Waals surface area contributed by atoms with E-state index in [1.54, 1.807) is 35.1 Å². The number of pyridine rings is 1. The average molecular weight is 499 g/mol. The predicted molar refractivity (Wildman–Crippen MR) is 116 cm³/mol. The SMILES string of the molecule is CC(C)C(NC(=O)Cn1c(-c2ccccc2)ccc(NS(=O)(=O)O)c1=O)C(=O)C(F)(F)F.[NaH]. The summed E-state index contributed by atoms with van der Waals surface area (Å²) in [6.45, 7) is 1.80. The van der Waals surface area contributed by atoms with Gasteiger partial charge in [0.05, 0.1) is 11.7 Å². The van der Waals surface area contributed by atoms with Crippen LogP contribution in [0.5, 0.6) is 0 Å². The van der Waals surface area contributed by atoms with Crippen molar-refractivity contribution in [1.29, 1.82) is 0 Å². The van der Waals surface area contributed by atoms with E-state index in [0.717, 1.165) is 10.6 Å². The molecule has 1 unspecified atom stereocenters. The van der Waals surface area contributed by atoms with E-state index in [1.807, 2.05) is 5.32 Å². The molecule has 176 valence electrons. The van der Waals surface area contributed by atoms with E-state index < -0.39 is 57.9 Å². The van der Waals surface area contributed by atoms with Crippen molar-refractivity contribution in [2.75, 3.05) is 4.72 Å². The van der Waals surface area contributed by atoms with Crippen LogP contribution in [0, 0.1) is 5.92 Å². The average Bonchev–Trinajstić information content (AvgIpc) is 2.67. The number of carbonyl (C=O) groups is 2. The number of rotatable bonds is 8. The molecule has 1 heterocycles. The second-order valence-electron chi connectivity index (χ2n) is 7.12. The van der Waals surface area contributed by atoms with E-state index in [-0.39, 0.29) is 35.3 Å². The fourth-order valence-electron chi connectivity index (χ4n) is 2.89. The molecule has 0 radical (unpaired) electrons. The van der Waals surface area contributed by atoms with Gasteiger partial charge in [-0.15, -0.1) is 0 Å². The third-order valence-electron chi connectivity index (χ3n) is 4.33. The number of alkyl halides is 3. The Labute approximate surface area is 209 Å². The number of hydrogen-bond donors (Lipinski definition) is 3. The number of nitrogens with zero attached hydrogens (tertiary/aromatic N) is 1. The number of hydrogen-bond acceptors (Lipinski definition) is 5. The molecule has 0 saturated carbocycles. The number of halogens is 3. The summed E-state index contributed by atoms with van der Waals surface area (Å²) in [5, 5.41) is 1.99. The topological polar surface area (TPSA) is 135 Å². The first-order valence-electron chi connectivity index (χ1n) is 9.15. The van der Waals surface area contributed by atoms with Crippen LogP contribution in [0.3, 0.4) is 0 Å². The van der Waals surface area contributed by atoms with Gasteiger partial charge in [0.15, 0.2) is 0 Å². The summed E-state index contributed by atoms with van der Waals surface area (Å²) >= 11 is 0. The molecule has 0 bridgehead atoms. The Balaban J connectivity index is 0.00000544. The van der Waals surface area contributed by atoms with Crippen LogP contribution in [-0.2, 0) is 26.4 Å². The van der Waals surface area contributed by atoms with Crippen LogP contribution in [-0.4, -0.2) is 71.0 Å². The van der Waals surface area contributed by atoms with E-state index in [4.69, 9.17) is 4.55 Å². The molecule has 1 aromatic heterocycles. The molecule has 9 nitrogen and oxygen atoms in total. The minimum absolute atomic E-state index is 0. The predicted octanol–water partition coefficient (Wildman–Crippen LogP) is 1.35. The maximum absolute atomic E-state index is 12.9. The van der Waals surface area contributed by atoms with E-state index in [1.165, 1.54) is 19.9 Å². The normalized spacial score (nSPS) is 12.6. The Morgan fingerprint density at radius 3 is 2.15 bits per heavy atom. The van der Waals surface area contributed by atoms with Crippen LogP contribution < -0.4 is 15.6 Å². The molecule has 14 heteroatoms. The molecule has 2 rings (SSSR count). The zero-order valence-electron chi connectivity index (χ0n) is 16.9. The molecule has 0 saturated heterocycles. The Hall–Kier alpha value is -2.19. The minimum atomic E-state index is -5.17. The number of ketones is 1. The first-order valence-corrected chi connectivity index (χ1v) is 10.6. The Morgan fingerprint density at radius 1 is 1.09 bits per heavy atom. The molecule has 3 N–H and O–H groups in total. The van der Waals surface area contributed by atoms with Crippen LogP contribution in [0.2, 0.25) is 0 Å². The monoisotopic (exact) mass is 499 g/mol. The Kier molecular flexibility index (Phi) is 9.87. The van der Waals surface area contributed by atoms with Gasteiger partial charge in [0, 0.05) is 0 Å². The molecule has 0 fully saturated rings. The molecule has 1 atom stereocenters. The number of anilines is 1. The second-order valence-corrected chi connectivity index (χ2v) is 8.27. The van der Waals surface area contributed by atoms with Crippen molar-refractivity contribution in [3.8, 4) is 11.3 Å². The van der Waals surface area contributed by atoms with Gasteiger partial charge >= 0.3 is 46.0 Å². The quantitative estimate of drug-likeness (QED) is 0.371. The first-order chi connectivity index (χ1) is 14.7. The van der Waals surface area contributed by atoms with Crippen molar-refractivity contribution in [3.63, 3.8) is 0 Å². The van der Waals surface area contributed by atoms with Gasteiger partial charge in [-0.1, -0.05) is 44.2 Å². The Morgan fingerprint density at radius 2 is 1.67 bits per heavy atom. The van der Waals surface area contributed by atoms with Gasteiger partial charge in [-0.3, -0.25) is 28.2 Å². The van der Waals surface area contributed by atoms with Crippen molar-refractivity contribution >= 4 is 57.2 Å². The van der Waals surface area contributed by atoms with Crippen molar-refractivity contribution in [3.05, 3.63) is 52.8 Å². The molecule has 1 amide bonds. The number of benzene rings is 1. The van der Waals surface area contributed by atoms with Gasteiger partial charge in [-0.2, -0.15) is 21.6 Å². The molecule has 2 aromatic rings. The van der Waals surface area contributed by atoms with Crippen LogP contribution in [0.4, 0.5) is 18.9 Å². The van der Waals surface area contributed by atoms with Gasteiger partial charge in [-0.25, -0.2) is 0 Å². The summed E-state index contributed by atoms with van der Waals surface area (Å²) in [4.78, 5) is 36.9. The number of nitrogens with one attached hydrogen (secondary N) is 2. The third kappa shape index (κ3) is 7.96. The van der Waals surface area contributed by atoms with Crippen molar-refractivity contribution in [2.45, 2.75) is 32.6 Å². The fraction of sp³-hybridized carbons (Fsp3) is 0.316. The summed E-state index contributed by atoms with van der Waals surface area (Å²) in [6, 6.07) is 8.60. The van der Waals surface area contributed by atoms with E-state index >= 15 is 0 Å². The number of carbonyl (C=O) groups excluding carboxylic acids is 2. The van der Waals surface area contributed by atoms with E-state index in [9.17, 15) is 36.0 Å². The number of aromatic nitrogens is 1. The summed E-state index contributed by atoms with van der Waals surface area (Å²) < 4.78 is 72.1. The number of amides is 1. The zero-order chi connectivity index (χ0) is 24.3. The summed E-state index contributed by atoms with van der Waals surface area (Å²) in [5.41, 5.74) is -1.04. The van der Waals surface area contributed by atoms with E-state index in [2.05, 4.69) is 0 Å². The molecule has 33 heavy (non-hydrogen) atoms. The zero-order valence-corrected chi connectivity index (χ0v) is 17.7. The van der Waals surface area contributed by atoms with Gasteiger partial charge < -0.3 is 5.32 Å². The molecule has 0 spiro atoms. The second kappa shape index (κ2) is 11.3. The maximum atomic E-state index is 12.9. The van der Waals surface area contributed by atoms with Gasteiger partial charge in [0.1, 0.15) is 12.2 Å². The van der Waals surface area contributed by atoms with Gasteiger partial charge in [0.2, 0.25) is 5.91 Å². The molecule has 0 aliphatic heterocycles. The first kappa shape index (κ1) is 28.8. The van der Waals surface area contributed by atoms with Crippen LogP contribution in [0.15, 0.2) is 47.3 Å². The van der Waals surface area contributed by atoms with Crippen LogP contribution in [0.1, 0.15) is 13.8 Å². The summed E-state index contributed by atoms with van der Waals surface area (Å²) in [7, 11) is -4.81. The molecule has 0 aliphatic rings. The van der Waals surface area contributed by atoms with E-state index in [0.29, 0.717) is 5.56 Å². The van der Waals surface area contributed by atoms with Crippen molar-refractivity contribution in [1.82, 2.24) is 9.88 Å². The molecular weight excluding hydrogens is 478 g/mol.